The van der Waals surface area contributed by atoms with E-state index < -0.39 is 5.97 Å². The number of aryl methyl sites for hydroxylation is 2. The van der Waals surface area contributed by atoms with Gasteiger partial charge in [0.05, 0.1) is 29.9 Å². The molecule has 7 nitrogen and oxygen atoms in total. The van der Waals surface area contributed by atoms with Crippen LogP contribution in [0.4, 0.5) is 0 Å². The van der Waals surface area contributed by atoms with E-state index in [-0.39, 0.29) is 5.69 Å². The maximum Gasteiger partial charge on any atom is 0.354 e. The van der Waals surface area contributed by atoms with E-state index in [2.05, 4.69) is 26.4 Å². The van der Waals surface area contributed by atoms with Crippen molar-refractivity contribution in [2.75, 3.05) is 6.61 Å². The minimum atomic E-state index is -1.03. The average molecular weight is 467 g/mol. The van der Waals surface area contributed by atoms with Gasteiger partial charge in [-0.05, 0) is 56.2 Å². The number of carboxylic acids is 1. The average Bonchev–Trinajstić information content (AvgIpc) is 3.32. The number of imidazole rings is 2. The molecule has 0 bridgehead atoms. The summed E-state index contributed by atoms with van der Waals surface area (Å²) in [6, 6.07) is 11.6. The first-order valence-corrected chi connectivity index (χ1v) is 11.4. The van der Waals surface area contributed by atoms with Gasteiger partial charge in [0.15, 0.2) is 0 Å². The number of carbonyl (C=O) groups is 1. The lowest BCUT2D eigenvalue weighted by Crippen LogP contribution is -2.03. The second kappa shape index (κ2) is 9.67. The summed E-state index contributed by atoms with van der Waals surface area (Å²) in [5.41, 5.74) is 4.08. The van der Waals surface area contributed by atoms with Crippen LogP contribution in [-0.2, 0) is 6.54 Å². The number of fused-ring (bicyclic) bond motifs is 1. The zero-order valence-electron chi connectivity index (χ0n) is 19.0. The molecule has 33 heavy (non-hydrogen) atoms. The van der Waals surface area contributed by atoms with Gasteiger partial charge in [0.1, 0.15) is 23.1 Å². The van der Waals surface area contributed by atoms with E-state index in [1.54, 1.807) is 6.92 Å². The lowest BCUT2D eigenvalue weighted by molar-refractivity contribution is 0.0690. The Hall–Kier alpha value is -3.32. The van der Waals surface area contributed by atoms with Crippen molar-refractivity contribution < 1.29 is 14.6 Å². The Morgan fingerprint density at radius 2 is 1.97 bits per heavy atom. The Bertz CT molecular complexity index is 1310. The van der Waals surface area contributed by atoms with Crippen LogP contribution in [0.1, 0.15) is 53.8 Å². The van der Waals surface area contributed by atoms with Crippen LogP contribution in [0.3, 0.4) is 0 Å². The van der Waals surface area contributed by atoms with Gasteiger partial charge in [0.2, 0.25) is 0 Å². The van der Waals surface area contributed by atoms with E-state index in [0.717, 1.165) is 53.0 Å². The third-order valence-electron chi connectivity index (χ3n) is 5.68. The number of benzene rings is 2. The van der Waals surface area contributed by atoms with Crippen molar-refractivity contribution in [1.29, 1.82) is 0 Å². The molecular weight excluding hydrogens is 440 g/mol. The van der Waals surface area contributed by atoms with Gasteiger partial charge in [0.25, 0.3) is 0 Å². The van der Waals surface area contributed by atoms with Crippen LogP contribution in [0.15, 0.2) is 36.4 Å². The molecule has 172 valence electrons. The number of carboxylic acid groups (broad SMARTS) is 1. The number of nitrogens with zero attached hydrogens (tertiary/aromatic N) is 3. The highest BCUT2D eigenvalue weighted by Crippen LogP contribution is 2.28. The molecule has 0 spiro atoms. The van der Waals surface area contributed by atoms with Crippen molar-refractivity contribution >= 4 is 28.6 Å². The molecule has 0 aliphatic heterocycles. The number of aromatic carboxylic acids is 1. The standard InChI is InChI=1S/C25H27ClN4O3/c1-4-5-6-11-33-19-9-7-18(20(26)13-19)14-30-16(3)28-21-10-8-17(12-22(21)30)24-27-15(2)23(29-24)25(31)32/h7-10,12-13H,4-6,11,14H2,1-3H3,(H,27,29)(H,31,32). The fourth-order valence-corrected chi connectivity index (χ4v) is 4.08. The molecule has 0 saturated carbocycles. The highest BCUT2D eigenvalue weighted by molar-refractivity contribution is 6.31. The molecule has 8 heteroatoms. The summed E-state index contributed by atoms with van der Waals surface area (Å²) in [6.45, 7) is 7.04. The van der Waals surface area contributed by atoms with Gasteiger partial charge in [-0.15, -0.1) is 0 Å². The van der Waals surface area contributed by atoms with Gasteiger partial charge in [-0.1, -0.05) is 37.4 Å². The fraction of sp³-hybridized carbons (Fsp3) is 0.320. The molecule has 0 unspecified atom stereocenters. The summed E-state index contributed by atoms with van der Waals surface area (Å²) in [7, 11) is 0. The molecule has 0 amide bonds. The Balaban J connectivity index is 1.62. The smallest absolute Gasteiger partial charge is 0.354 e. The van der Waals surface area contributed by atoms with Gasteiger partial charge < -0.3 is 19.4 Å². The molecule has 0 fully saturated rings. The number of halogens is 1. The molecule has 2 aromatic heterocycles. The zero-order valence-corrected chi connectivity index (χ0v) is 19.7. The van der Waals surface area contributed by atoms with Crippen molar-refractivity contribution in [1.82, 2.24) is 19.5 Å². The molecule has 0 atom stereocenters. The molecule has 2 N–H and O–H groups in total. The number of aromatic amines is 1. The number of hydrogen-bond acceptors (Lipinski definition) is 4. The minimum Gasteiger partial charge on any atom is -0.494 e. The van der Waals surface area contributed by atoms with Crippen LogP contribution in [0.5, 0.6) is 5.75 Å². The maximum absolute atomic E-state index is 11.4. The molecule has 0 aliphatic rings. The molecule has 4 aromatic rings. The number of H-pyrrole nitrogens is 1. The van der Waals surface area contributed by atoms with E-state index in [4.69, 9.17) is 16.3 Å². The molecule has 4 rings (SSSR count). The Morgan fingerprint density at radius 1 is 1.15 bits per heavy atom. The number of hydrogen-bond donors (Lipinski definition) is 2. The summed E-state index contributed by atoms with van der Waals surface area (Å²) in [5.74, 6) is 1.12. The molecule has 0 radical (unpaired) electrons. The van der Waals surface area contributed by atoms with Crippen molar-refractivity contribution in [3.8, 4) is 17.1 Å². The number of aromatic nitrogens is 4. The van der Waals surface area contributed by atoms with E-state index in [1.165, 1.54) is 0 Å². The van der Waals surface area contributed by atoms with Crippen LogP contribution in [0.25, 0.3) is 22.4 Å². The number of unbranched alkanes of at least 4 members (excludes halogenated alkanes) is 2. The van der Waals surface area contributed by atoms with Crippen molar-refractivity contribution in [3.05, 3.63) is 64.2 Å². The Labute approximate surface area is 197 Å². The predicted molar refractivity (Wildman–Crippen MR) is 129 cm³/mol. The van der Waals surface area contributed by atoms with Gasteiger partial charge >= 0.3 is 5.97 Å². The van der Waals surface area contributed by atoms with Crippen LogP contribution in [0.2, 0.25) is 5.02 Å². The van der Waals surface area contributed by atoms with Crippen LogP contribution in [-0.4, -0.2) is 37.2 Å². The molecule has 0 saturated heterocycles. The van der Waals surface area contributed by atoms with Crippen LogP contribution in [0, 0.1) is 13.8 Å². The second-order valence-corrected chi connectivity index (χ2v) is 8.52. The zero-order chi connectivity index (χ0) is 23.5. The Morgan fingerprint density at radius 3 is 2.67 bits per heavy atom. The maximum atomic E-state index is 11.4. The van der Waals surface area contributed by atoms with Crippen LogP contribution < -0.4 is 4.74 Å². The summed E-state index contributed by atoms with van der Waals surface area (Å²) in [5, 5.41) is 9.97. The minimum absolute atomic E-state index is 0.0959. The van der Waals surface area contributed by atoms with E-state index >= 15 is 0 Å². The number of nitrogens with one attached hydrogen (secondary N) is 1. The van der Waals surface area contributed by atoms with E-state index in [0.29, 0.717) is 29.7 Å². The lowest BCUT2D eigenvalue weighted by Gasteiger charge is -2.12. The largest absolute Gasteiger partial charge is 0.494 e. The van der Waals surface area contributed by atoms with E-state index in [1.807, 2.05) is 43.3 Å². The predicted octanol–water partition coefficient (Wildman–Crippen LogP) is 6.01. The fourth-order valence-electron chi connectivity index (χ4n) is 3.85. The first-order chi connectivity index (χ1) is 15.9. The molecule has 2 aromatic carbocycles. The quantitative estimate of drug-likeness (QED) is 0.294. The topological polar surface area (TPSA) is 93.0 Å². The van der Waals surface area contributed by atoms with Gasteiger partial charge in [-0.2, -0.15) is 0 Å². The molecule has 2 heterocycles. The van der Waals surface area contributed by atoms with Crippen molar-refractivity contribution in [3.63, 3.8) is 0 Å². The van der Waals surface area contributed by atoms with Gasteiger partial charge in [-0.25, -0.2) is 14.8 Å². The Kier molecular flexibility index (Phi) is 6.70. The highest BCUT2D eigenvalue weighted by atomic mass is 35.5. The van der Waals surface area contributed by atoms with E-state index in [9.17, 15) is 9.90 Å². The summed E-state index contributed by atoms with van der Waals surface area (Å²) in [4.78, 5) is 23.3. The SMILES string of the molecule is CCCCCOc1ccc(Cn2c(C)nc3ccc(-c4nc(C)c(C(=O)O)[nH]4)cc32)c(Cl)c1. The lowest BCUT2D eigenvalue weighted by atomic mass is 10.1. The van der Waals surface area contributed by atoms with Crippen molar-refractivity contribution in [2.24, 2.45) is 0 Å². The normalized spacial score (nSPS) is 11.3. The van der Waals surface area contributed by atoms with Gasteiger partial charge in [0, 0.05) is 10.6 Å². The summed E-state index contributed by atoms with van der Waals surface area (Å²) < 4.78 is 7.90. The van der Waals surface area contributed by atoms with Crippen LogP contribution >= 0.6 is 11.6 Å². The number of rotatable bonds is 9. The first kappa shape index (κ1) is 22.9. The summed E-state index contributed by atoms with van der Waals surface area (Å²) in [6.07, 6.45) is 3.33. The third kappa shape index (κ3) is 4.88. The number of ether oxygens (including phenoxy) is 1. The highest BCUT2D eigenvalue weighted by Gasteiger charge is 2.16. The monoisotopic (exact) mass is 466 g/mol. The third-order valence-corrected chi connectivity index (χ3v) is 6.03. The summed E-state index contributed by atoms with van der Waals surface area (Å²) >= 11 is 6.58. The molecular formula is C25H27ClN4O3. The van der Waals surface area contributed by atoms with Gasteiger partial charge in [-0.3, -0.25) is 0 Å². The second-order valence-electron chi connectivity index (χ2n) is 8.11. The van der Waals surface area contributed by atoms with Crippen molar-refractivity contribution in [2.45, 2.75) is 46.6 Å². The first-order valence-electron chi connectivity index (χ1n) is 11.1. The molecule has 0 aliphatic carbocycles.